The van der Waals surface area contributed by atoms with Gasteiger partial charge in [0.2, 0.25) is 0 Å². The Morgan fingerprint density at radius 2 is 1.73 bits per heavy atom. The lowest BCUT2D eigenvalue weighted by molar-refractivity contribution is -0.155. The van der Waals surface area contributed by atoms with Gasteiger partial charge in [0.15, 0.2) is 6.29 Å². The second-order valence-electron chi connectivity index (χ2n) is 3.66. The maximum Gasteiger partial charge on any atom is 0.159 e. The molecule has 2 fully saturated rings. The molecule has 0 bridgehead atoms. The fourth-order valence-electron chi connectivity index (χ4n) is 1.38. The minimum atomic E-state index is 0.0181. The lowest BCUT2D eigenvalue weighted by Gasteiger charge is -2.19. The van der Waals surface area contributed by atoms with Crippen LogP contribution in [0.1, 0.15) is 13.8 Å². The average molecular weight is 157 g/mol. The minimum Gasteiger partial charge on any atom is -0.351 e. The number of rotatable bonds is 1. The van der Waals surface area contributed by atoms with Crippen LogP contribution in [0.2, 0.25) is 0 Å². The molecule has 11 heavy (non-hydrogen) atoms. The molecule has 2 aliphatic rings. The van der Waals surface area contributed by atoms with Gasteiger partial charge in [0.1, 0.15) is 0 Å². The molecule has 0 aromatic heterocycles. The molecule has 2 atom stereocenters. The van der Waals surface area contributed by atoms with E-state index >= 15 is 0 Å². The maximum atomic E-state index is 5.53. The highest BCUT2D eigenvalue weighted by atomic mass is 16.7. The second-order valence-corrected chi connectivity index (χ2v) is 3.66. The maximum absolute atomic E-state index is 5.53. The summed E-state index contributed by atoms with van der Waals surface area (Å²) in [5, 5.41) is 3.28. The van der Waals surface area contributed by atoms with Crippen molar-refractivity contribution in [1.29, 1.82) is 0 Å². The summed E-state index contributed by atoms with van der Waals surface area (Å²) in [7, 11) is 0. The summed E-state index contributed by atoms with van der Waals surface area (Å²) >= 11 is 0. The first kappa shape index (κ1) is 7.53. The second kappa shape index (κ2) is 2.73. The van der Waals surface area contributed by atoms with E-state index in [2.05, 4.69) is 19.2 Å². The van der Waals surface area contributed by atoms with Crippen LogP contribution >= 0.6 is 0 Å². The van der Waals surface area contributed by atoms with Gasteiger partial charge in [0.05, 0.1) is 13.2 Å². The molecule has 1 N–H and O–H groups in total. The van der Waals surface area contributed by atoms with E-state index in [1.54, 1.807) is 0 Å². The van der Waals surface area contributed by atoms with E-state index in [0.717, 1.165) is 13.2 Å². The van der Waals surface area contributed by atoms with Crippen LogP contribution in [0.25, 0.3) is 0 Å². The zero-order valence-corrected chi connectivity index (χ0v) is 7.04. The first-order valence-corrected chi connectivity index (χ1v) is 4.26. The Balaban J connectivity index is 1.86. The van der Waals surface area contributed by atoms with Crippen molar-refractivity contribution in [3.05, 3.63) is 0 Å². The predicted octanol–water partition coefficient (Wildman–Crippen LogP) is 0.356. The van der Waals surface area contributed by atoms with Gasteiger partial charge in [-0.1, -0.05) is 13.8 Å². The third-order valence-electron chi connectivity index (χ3n) is 2.23. The molecule has 0 aromatic carbocycles. The van der Waals surface area contributed by atoms with Gasteiger partial charge in [-0.15, -0.1) is 0 Å². The molecule has 0 saturated carbocycles. The summed E-state index contributed by atoms with van der Waals surface area (Å²) in [6.45, 7) is 5.87. The van der Waals surface area contributed by atoms with Crippen molar-refractivity contribution in [2.75, 3.05) is 13.2 Å². The van der Waals surface area contributed by atoms with Crippen LogP contribution in [0, 0.1) is 5.92 Å². The number of nitrogens with one attached hydrogen (secondary N) is 1. The molecule has 2 rings (SSSR count). The summed E-state index contributed by atoms with van der Waals surface area (Å²) in [6, 6.07) is 1.14. The molecule has 2 aliphatic heterocycles. The lowest BCUT2D eigenvalue weighted by Crippen LogP contribution is -2.25. The van der Waals surface area contributed by atoms with Gasteiger partial charge in [-0.3, -0.25) is 0 Å². The molecule has 2 heterocycles. The van der Waals surface area contributed by atoms with Crippen LogP contribution in [0.5, 0.6) is 0 Å². The Kier molecular flexibility index (Phi) is 1.87. The van der Waals surface area contributed by atoms with E-state index in [9.17, 15) is 0 Å². The van der Waals surface area contributed by atoms with Crippen LogP contribution in [0.15, 0.2) is 0 Å². The van der Waals surface area contributed by atoms with Crippen LogP contribution in [0.3, 0.4) is 0 Å². The van der Waals surface area contributed by atoms with Gasteiger partial charge in [0.25, 0.3) is 0 Å². The van der Waals surface area contributed by atoms with E-state index in [-0.39, 0.29) is 6.29 Å². The largest absolute Gasteiger partial charge is 0.351 e. The van der Waals surface area contributed by atoms with Crippen molar-refractivity contribution in [1.82, 2.24) is 5.32 Å². The van der Waals surface area contributed by atoms with Crippen molar-refractivity contribution >= 4 is 0 Å². The quantitative estimate of drug-likeness (QED) is 0.558. The van der Waals surface area contributed by atoms with Gasteiger partial charge in [-0.05, 0) is 0 Å². The fourth-order valence-corrected chi connectivity index (χ4v) is 1.38. The van der Waals surface area contributed by atoms with E-state index < -0.39 is 0 Å². The van der Waals surface area contributed by atoms with Crippen molar-refractivity contribution in [3.63, 3.8) is 0 Å². The molecule has 2 saturated heterocycles. The summed E-state index contributed by atoms with van der Waals surface area (Å²) < 4.78 is 11.1. The molecule has 0 radical (unpaired) electrons. The van der Waals surface area contributed by atoms with Crippen LogP contribution < -0.4 is 5.32 Å². The zero-order valence-electron chi connectivity index (χ0n) is 7.04. The summed E-state index contributed by atoms with van der Waals surface area (Å²) in [5.41, 5.74) is 0. The zero-order chi connectivity index (χ0) is 7.84. The van der Waals surface area contributed by atoms with Crippen LogP contribution in [-0.2, 0) is 9.47 Å². The van der Waals surface area contributed by atoms with Crippen LogP contribution in [-0.4, -0.2) is 31.6 Å². The number of fused-ring (bicyclic) bond motifs is 1. The molecular formula is C8H15NO2. The average Bonchev–Trinajstić information content (AvgIpc) is 2.60. The highest BCUT2D eigenvalue weighted by Crippen LogP contribution is 2.20. The summed E-state index contributed by atoms with van der Waals surface area (Å²) in [6.07, 6.45) is 0.0181. The highest BCUT2D eigenvalue weighted by molar-refractivity contribution is 4.98. The Hall–Kier alpha value is -0.120. The number of ether oxygens (including phenoxy) is 2. The molecule has 64 valence electrons. The SMILES string of the molecule is CC(C)C1OCC2NC2CO1. The number of hydrogen-bond acceptors (Lipinski definition) is 3. The molecule has 0 aromatic rings. The molecule has 0 amide bonds. The van der Waals surface area contributed by atoms with Gasteiger partial charge < -0.3 is 14.8 Å². The standard InChI is InChI=1S/C8H15NO2/c1-5(2)8-10-3-6-7(9-6)4-11-8/h5-9H,3-4H2,1-2H3. The molecule has 3 nitrogen and oxygen atoms in total. The first-order chi connectivity index (χ1) is 5.27. The fraction of sp³-hybridized carbons (Fsp3) is 1.00. The lowest BCUT2D eigenvalue weighted by atomic mass is 10.2. The summed E-state index contributed by atoms with van der Waals surface area (Å²) in [4.78, 5) is 0. The van der Waals surface area contributed by atoms with E-state index in [1.807, 2.05) is 0 Å². The van der Waals surface area contributed by atoms with Crippen LogP contribution in [0.4, 0.5) is 0 Å². The Morgan fingerprint density at radius 1 is 1.18 bits per heavy atom. The predicted molar refractivity (Wildman–Crippen MR) is 41.2 cm³/mol. The molecule has 2 unspecified atom stereocenters. The van der Waals surface area contributed by atoms with E-state index in [4.69, 9.17) is 9.47 Å². The molecule has 3 heteroatoms. The highest BCUT2D eigenvalue weighted by Gasteiger charge is 2.40. The first-order valence-electron chi connectivity index (χ1n) is 4.26. The molecule has 0 spiro atoms. The van der Waals surface area contributed by atoms with Gasteiger partial charge in [-0.25, -0.2) is 0 Å². The smallest absolute Gasteiger partial charge is 0.159 e. The normalized spacial score (nSPS) is 43.4. The van der Waals surface area contributed by atoms with Gasteiger partial charge in [0, 0.05) is 18.0 Å². The Labute approximate surface area is 67.1 Å². The third kappa shape index (κ3) is 1.55. The van der Waals surface area contributed by atoms with Crippen molar-refractivity contribution in [3.8, 4) is 0 Å². The monoisotopic (exact) mass is 157 g/mol. The minimum absolute atomic E-state index is 0.0181. The molecule has 0 aliphatic carbocycles. The number of hydrogen-bond donors (Lipinski definition) is 1. The van der Waals surface area contributed by atoms with Crippen molar-refractivity contribution in [2.24, 2.45) is 5.92 Å². The van der Waals surface area contributed by atoms with Gasteiger partial charge in [-0.2, -0.15) is 0 Å². The third-order valence-corrected chi connectivity index (χ3v) is 2.23. The van der Waals surface area contributed by atoms with E-state index in [1.165, 1.54) is 0 Å². The topological polar surface area (TPSA) is 40.4 Å². The molecular weight excluding hydrogens is 142 g/mol. The van der Waals surface area contributed by atoms with Crippen molar-refractivity contribution in [2.45, 2.75) is 32.2 Å². The summed E-state index contributed by atoms with van der Waals surface area (Å²) in [5.74, 6) is 0.465. The Bertz CT molecular complexity index is 137. The van der Waals surface area contributed by atoms with Crippen molar-refractivity contribution < 1.29 is 9.47 Å². The van der Waals surface area contributed by atoms with E-state index in [0.29, 0.717) is 18.0 Å². The Morgan fingerprint density at radius 3 is 2.18 bits per heavy atom. The van der Waals surface area contributed by atoms with Gasteiger partial charge >= 0.3 is 0 Å².